The van der Waals surface area contributed by atoms with E-state index in [-0.39, 0.29) is 5.54 Å². The monoisotopic (exact) mass is 194 g/mol. The maximum atomic E-state index is 4.34. The first-order valence-corrected chi connectivity index (χ1v) is 5.52. The summed E-state index contributed by atoms with van der Waals surface area (Å²) in [6.45, 7) is 4.45. The SMILES string of the molecule is CC1(C)CSC(c2ccccn2)N1. The lowest BCUT2D eigenvalue weighted by atomic mass is 10.1. The minimum Gasteiger partial charge on any atom is -0.294 e. The average molecular weight is 194 g/mol. The number of pyridine rings is 1. The lowest BCUT2D eigenvalue weighted by Crippen LogP contribution is -2.36. The van der Waals surface area contributed by atoms with Crippen LogP contribution in [-0.2, 0) is 0 Å². The average Bonchev–Trinajstić information content (AvgIpc) is 2.48. The zero-order valence-corrected chi connectivity index (χ0v) is 8.77. The van der Waals surface area contributed by atoms with Gasteiger partial charge in [0.25, 0.3) is 0 Å². The van der Waals surface area contributed by atoms with Crippen molar-refractivity contribution in [3.05, 3.63) is 30.1 Å². The predicted octanol–water partition coefficient (Wildman–Crippen LogP) is 2.20. The Morgan fingerprint density at radius 3 is 2.92 bits per heavy atom. The molecule has 0 amide bonds. The van der Waals surface area contributed by atoms with Gasteiger partial charge in [-0.3, -0.25) is 10.3 Å². The number of thioether (sulfide) groups is 1. The third-order valence-electron chi connectivity index (χ3n) is 2.09. The van der Waals surface area contributed by atoms with Crippen molar-refractivity contribution in [2.75, 3.05) is 5.75 Å². The Labute approximate surface area is 83.1 Å². The van der Waals surface area contributed by atoms with Crippen molar-refractivity contribution < 1.29 is 0 Å². The summed E-state index contributed by atoms with van der Waals surface area (Å²) in [5, 5.41) is 3.92. The fraction of sp³-hybridized carbons (Fsp3) is 0.500. The number of aromatic nitrogens is 1. The molecule has 0 aliphatic carbocycles. The molecule has 13 heavy (non-hydrogen) atoms. The van der Waals surface area contributed by atoms with E-state index in [0.29, 0.717) is 5.37 Å². The Morgan fingerprint density at radius 1 is 1.54 bits per heavy atom. The summed E-state index contributed by atoms with van der Waals surface area (Å²) in [6, 6.07) is 6.07. The molecule has 1 aromatic heterocycles. The molecule has 2 heterocycles. The standard InChI is InChI=1S/C10H14N2S/c1-10(2)7-13-9(12-10)8-5-3-4-6-11-8/h3-6,9,12H,7H2,1-2H3. The van der Waals surface area contributed by atoms with Crippen LogP contribution < -0.4 is 5.32 Å². The Bertz CT molecular complexity index is 284. The lowest BCUT2D eigenvalue weighted by molar-refractivity contribution is 0.449. The molecule has 2 rings (SSSR count). The molecule has 1 unspecified atom stereocenters. The molecule has 1 aromatic rings. The molecule has 1 atom stereocenters. The van der Waals surface area contributed by atoms with Crippen LogP contribution in [0.15, 0.2) is 24.4 Å². The van der Waals surface area contributed by atoms with Gasteiger partial charge >= 0.3 is 0 Å². The summed E-state index contributed by atoms with van der Waals surface area (Å²) in [6.07, 6.45) is 1.85. The zero-order valence-electron chi connectivity index (χ0n) is 7.95. The second kappa shape index (κ2) is 3.31. The summed E-state index contributed by atoms with van der Waals surface area (Å²) in [7, 11) is 0. The second-order valence-corrected chi connectivity index (χ2v) is 5.07. The van der Waals surface area contributed by atoms with E-state index < -0.39 is 0 Å². The first-order valence-electron chi connectivity index (χ1n) is 4.48. The predicted molar refractivity (Wildman–Crippen MR) is 56.7 cm³/mol. The van der Waals surface area contributed by atoms with Gasteiger partial charge in [0, 0.05) is 17.5 Å². The van der Waals surface area contributed by atoms with Crippen LogP contribution in [0.5, 0.6) is 0 Å². The highest BCUT2D eigenvalue weighted by Gasteiger charge is 2.31. The molecular weight excluding hydrogens is 180 g/mol. The van der Waals surface area contributed by atoms with Crippen LogP contribution >= 0.6 is 11.8 Å². The quantitative estimate of drug-likeness (QED) is 0.742. The number of nitrogens with one attached hydrogen (secondary N) is 1. The van der Waals surface area contributed by atoms with Crippen molar-refractivity contribution in [3.63, 3.8) is 0 Å². The minimum absolute atomic E-state index is 0.243. The lowest BCUT2D eigenvalue weighted by Gasteiger charge is -2.18. The van der Waals surface area contributed by atoms with Crippen molar-refractivity contribution in [1.29, 1.82) is 0 Å². The summed E-state index contributed by atoms with van der Waals surface area (Å²) >= 11 is 1.93. The smallest absolute Gasteiger partial charge is 0.0967 e. The summed E-state index contributed by atoms with van der Waals surface area (Å²) in [5.41, 5.74) is 1.38. The van der Waals surface area contributed by atoms with Gasteiger partial charge in [-0.25, -0.2) is 0 Å². The highest BCUT2D eigenvalue weighted by molar-refractivity contribution is 7.99. The van der Waals surface area contributed by atoms with E-state index in [0.717, 1.165) is 11.4 Å². The Morgan fingerprint density at radius 2 is 2.38 bits per heavy atom. The Kier molecular flexibility index (Phi) is 2.30. The van der Waals surface area contributed by atoms with E-state index in [1.165, 1.54) is 0 Å². The molecule has 1 fully saturated rings. The molecule has 0 bridgehead atoms. The van der Waals surface area contributed by atoms with Crippen LogP contribution in [0.4, 0.5) is 0 Å². The van der Waals surface area contributed by atoms with Gasteiger partial charge in [-0.15, -0.1) is 11.8 Å². The van der Waals surface area contributed by atoms with Gasteiger partial charge in [-0.2, -0.15) is 0 Å². The van der Waals surface area contributed by atoms with Gasteiger partial charge in [-0.1, -0.05) is 6.07 Å². The minimum atomic E-state index is 0.243. The fourth-order valence-corrected chi connectivity index (χ4v) is 2.80. The van der Waals surface area contributed by atoms with Crippen LogP contribution in [0.3, 0.4) is 0 Å². The molecular formula is C10H14N2S. The molecule has 3 heteroatoms. The molecule has 0 spiro atoms. The second-order valence-electron chi connectivity index (χ2n) is 3.97. The van der Waals surface area contributed by atoms with Crippen molar-refractivity contribution >= 4 is 11.8 Å². The van der Waals surface area contributed by atoms with Crippen LogP contribution in [-0.4, -0.2) is 16.3 Å². The number of hydrogen-bond donors (Lipinski definition) is 1. The van der Waals surface area contributed by atoms with Gasteiger partial charge in [0.15, 0.2) is 0 Å². The number of nitrogens with zero attached hydrogens (tertiary/aromatic N) is 1. The highest BCUT2D eigenvalue weighted by atomic mass is 32.2. The largest absolute Gasteiger partial charge is 0.294 e. The van der Waals surface area contributed by atoms with Crippen molar-refractivity contribution in [2.45, 2.75) is 24.8 Å². The molecule has 0 aromatic carbocycles. The van der Waals surface area contributed by atoms with E-state index in [9.17, 15) is 0 Å². The van der Waals surface area contributed by atoms with E-state index in [2.05, 4.69) is 30.2 Å². The first kappa shape index (κ1) is 9.03. The van der Waals surface area contributed by atoms with Crippen LogP contribution in [0.1, 0.15) is 24.9 Å². The Hall–Kier alpha value is -0.540. The first-order chi connectivity index (χ1) is 6.17. The van der Waals surface area contributed by atoms with Crippen molar-refractivity contribution in [2.24, 2.45) is 0 Å². The molecule has 0 saturated carbocycles. The van der Waals surface area contributed by atoms with Crippen LogP contribution in [0, 0.1) is 0 Å². The van der Waals surface area contributed by atoms with Crippen LogP contribution in [0.25, 0.3) is 0 Å². The number of rotatable bonds is 1. The molecule has 1 N–H and O–H groups in total. The zero-order chi connectivity index (χ0) is 9.31. The van der Waals surface area contributed by atoms with Gasteiger partial charge in [0.05, 0.1) is 11.1 Å². The van der Waals surface area contributed by atoms with Crippen LogP contribution in [0.2, 0.25) is 0 Å². The topological polar surface area (TPSA) is 24.9 Å². The summed E-state index contributed by atoms with van der Waals surface area (Å²) in [5.74, 6) is 1.15. The Balaban J connectivity index is 2.13. The van der Waals surface area contributed by atoms with Gasteiger partial charge in [-0.05, 0) is 26.0 Å². The van der Waals surface area contributed by atoms with Gasteiger partial charge in [0.1, 0.15) is 0 Å². The van der Waals surface area contributed by atoms with E-state index in [1.807, 2.05) is 30.1 Å². The van der Waals surface area contributed by atoms with Gasteiger partial charge in [0.2, 0.25) is 0 Å². The molecule has 1 saturated heterocycles. The van der Waals surface area contributed by atoms with Crippen molar-refractivity contribution in [3.8, 4) is 0 Å². The molecule has 0 radical (unpaired) electrons. The van der Waals surface area contributed by atoms with Crippen molar-refractivity contribution in [1.82, 2.24) is 10.3 Å². The van der Waals surface area contributed by atoms with E-state index in [1.54, 1.807) is 0 Å². The third-order valence-corrected chi connectivity index (χ3v) is 3.67. The summed E-state index contributed by atoms with van der Waals surface area (Å²) < 4.78 is 0. The maximum absolute atomic E-state index is 4.34. The fourth-order valence-electron chi connectivity index (χ4n) is 1.42. The van der Waals surface area contributed by atoms with E-state index >= 15 is 0 Å². The maximum Gasteiger partial charge on any atom is 0.0967 e. The normalized spacial score (nSPS) is 26.2. The third kappa shape index (κ3) is 2.03. The molecule has 1 aliphatic rings. The summed E-state index contributed by atoms with van der Waals surface area (Å²) in [4.78, 5) is 4.34. The van der Waals surface area contributed by atoms with E-state index in [4.69, 9.17) is 0 Å². The molecule has 70 valence electrons. The van der Waals surface area contributed by atoms with Gasteiger partial charge < -0.3 is 0 Å². The molecule has 2 nitrogen and oxygen atoms in total. The number of hydrogen-bond acceptors (Lipinski definition) is 3. The molecule has 1 aliphatic heterocycles. The highest BCUT2D eigenvalue weighted by Crippen LogP contribution is 2.35.